The van der Waals surface area contributed by atoms with Crippen LogP contribution in [0.3, 0.4) is 0 Å². The summed E-state index contributed by atoms with van der Waals surface area (Å²) in [6.45, 7) is 1.04. The van der Waals surface area contributed by atoms with Crippen molar-refractivity contribution in [2.45, 2.75) is 18.1 Å². The zero-order valence-electron chi connectivity index (χ0n) is 15.7. The molecule has 0 unspecified atom stereocenters. The number of aryl methyl sites for hydroxylation is 1. The number of aromatic nitrogens is 3. The lowest BCUT2D eigenvalue weighted by atomic mass is 9.74. The van der Waals surface area contributed by atoms with Gasteiger partial charge in [-0.25, -0.2) is 4.39 Å². The standard InChI is InChI=1S/C21H18FIN4O2/c1-26-12-24-25-19(26)18(22)21(10-29-11-21)13-4-2-5-14(8-13)27-9-16-15(20(27)28)6-3-7-17(16)23/h2-8,12,18H,9-11H2,1H3/t18-/m0/s1. The average Bonchev–Trinajstić information content (AvgIpc) is 3.26. The van der Waals surface area contributed by atoms with E-state index in [1.165, 1.54) is 6.33 Å². The largest absolute Gasteiger partial charge is 0.379 e. The summed E-state index contributed by atoms with van der Waals surface area (Å²) in [5.41, 5.74) is 2.49. The third-order valence-electron chi connectivity index (χ3n) is 5.82. The SMILES string of the molecule is Cn1cnnc1[C@H](F)C1(c2cccc(N3Cc4c(I)cccc4C3=O)c2)COC1. The number of ether oxygens (including phenoxy) is 1. The minimum atomic E-state index is -1.36. The maximum absolute atomic E-state index is 15.6. The van der Waals surface area contributed by atoms with E-state index in [1.54, 1.807) is 16.5 Å². The van der Waals surface area contributed by atoms with Crippen LogP contribution in [0.25, 0.3) is 0 Å². The van der Waals surface area contributed by atoms with Gasteiger partial charge in [0.1, 0.15) is 6.33 Å². The zero-order chi connectivity index (χ0) is 20.2. The van der Waals surface area contributed by atoms with E-state index in [0.717, 1.165) is 25.9 Å². The molecule has 2 aliphatic heterocycles. The van der Waals surface area contributed by atoms with Gasteiger partial charge in [-0.05, 0) is 58.0 Å². The molecule has 1 fully saturated rings. The summed E-state index contributed by atoms with van der Waals surface area (Å²) in [6.07, 6.45) is 0.138. The van der Waals surface area contributed by atoms with Gasteiger partial charge in [0.2, 0.25) is 0 Å². The number of nitrogens with zero attached hydrogens (tertiary/aromatic N) is 4. The van der Waals surface area contributed by atoms with Crippen LogP contribution in [0.5, 0.6) is 0 Å². The molecule has 1 amide bonds. The highest BCUT2D eigenvalue weighted by molar-refractivity contribution is 14.1. The molecule has 6 nitrogen and oxygen atoms in total. The topological polar surface area (TPSA) is 60.2 Å². The first-order valence-corrected chi connectivity index (χ1v) is 10.3. The van der Waals surface area contributed by atoms with Crippen molar-refractivity contribution in [2.24, 2.45) is 7.05 Å². The first-order valence-electron chi connectivity index (χ1n) is 9.27. The predicted octanol–water partition coefficient (Wildman–Crippen LogP) is 3.56. The fraction of sp³-hybridized carbons (Fsp3) is 0.286. The number of carbonyl (C=O) groups is 1. The van der Waals surface area contributed by atoms with E-state index >= 15 is 4.39 Å². The summed E-state index contributed by atoms with van der Waals surface area (Å²) >= 11 is 2.26. The molecular formula is C21H18FIN4O2. The van der Waals surface area contributed by atoms with Gasteiger partial charge in [0.25, 0.3) is 5.91 Å². The van der Waals surface area contributed by atoms with Crippen molar-refractivity contribution in [3.8, 4) is 0 Å². The van der Waals surface area contributed by atoms with E-state index in [-0.39, 0.29) is 24.9 Å². The third-order valence-corrected chi connectivity index (χ3v) is 6.83. The minimum Gasteiger partial charge on any atom is -0.379 e. The lowest BCUT2D eigenvalue weighted by Crippen LogP contribution is -2.50. The van der Waals surface area contributed by atoms with Crippen molar-refractivity contribution in [1.82, 2.24) is 14.8 Å². The molecule has 0 aliphatic carbocycles. The van der Waals surface area contributed by atoms with E-state index in [4.69, 9.17) is 4.74 Å². The molecule has 1 saturated heterocycles. The van der Waals surface area contributed by atoms with Crippen molar-refractivity contribution in [1.29, 1.82) is 0 Å². The second-order valence-electron chi connectivity index (χ2n) is 7.52. The summed E-state index contributed by atoms with van der Waals surface area (Å²) in [4.78, 5) is 14.7. The summed E-state index contributed by atoms with van der Waals surface area (Å²) in [5, 5.41) is 7.76. The highest BCUT2D eigenvalue weighted by Crippen LogP contribution is 2.46. The van der Waals surface area contributed by atoms with Crippen LogP contribution in [-0.4, -0.2) is 33.9 Å². The Morgan fingerprint density at radius 2 is 2.03 bits per heavy atom. The second-order valence-corrected chi connectivity index (χ2v) is 8.68. The molecule has 5 rings (SSSR count). The number of benzene rings is 2. The van der Waals surface area contributed by atoms with E-state index < -0.39 is 11.6 Å². The van der Waals surface area contributed by atoms with Crippen molar-refractivity contribution >= 4 is 34.2 Å². The van der Waals surface area contributed by atoms with Crippen LogP contribution in [-0.2, 0) is 23.7 Å². The highest BCUT2D eigenvalue weighted by Gasteiger charge is 2.50. The molecule has 0 N–H and O–H groups in total. The molecule has 1 atom stereocenters. The number of halogens is 2. The number of rotatable bonds is 4. The molecule has 1 aromatic heterocycles. The first-order chi connectivity index (χ1) is 14.0. The molecule has 8 heteroatoms. The number of alkyl halides is 1. The van der Waals surface area contributed by atoms with Crippen LogP contribution in [0.2, 0.25) is 0 Å². The highest BCUT2D eigenvalue weighted by atomic mass is 127. The fourth-order valence-electron chi connectivity index (χ4n) is 4.04. The van der Waals surface area contributed by atoms with E-state index in [1.807, 2.05) is 42.5 Å². The fourth-order valence-corrected chi connectivity index (χ4v) is 4.71. The number of hydrogen-bond acceptors (Lipinski definition) is 4. The molecular weight excluding hydrogens is 486 g/mol. The van der Waals surface area contributed by atoms with Crippen molar-refractivity contribution < 1.29 is 13.9 Å². The van der Waals surface area contributed by atoms with Gasteiger partial charge in [0, 0.05) is 21.9 Å². The lowest BCUT2D eigenvalue weighted by Gasteiger charge is -2.43. The summed E-state index contributed by atoms with van der Waals surface area (Å²) in [7, 11) is 1.73. The summed E-state index contributed by atoms with van der Waals surface area (Å²) in [6, 6.07) is 13.3. The second kappa shape index (κ2) is 6.88. The molecule has 2 aromatic carbocycles. The van der Waals surface area contributed by atoms with Gasteiger partial charge in [-0.3, -0.25) is 4.79 Å². The molecule has 0 bridgehead atoms. The van der Waals surface area contributed by atoms with E-state index in [9.17, 15) is 4.79 Å². The Bertz CT molecular complexity index is 1110. The Morgan fingerprint density at radius 1 is 1.24 bits per heavy atom. The Labute approximate surface area is 180 Å². The van der Waals surface area contributed by atoms with E-state index in [2.05, 4.69) is 32.8 Å². The monoisotopic (exact) mass is 504 g/mol. The normalized spacial score (nSPS) is 18.4. The number of fused-ring (bicyclic) bond motifs is 1. The van der Waals surface area contributed by atoms with Crippen LogP contribution in [0.4, 0.5) is 10.1 Å². The van der Waals surface area contributed by atoms with Crippen LogP contribution < -0.4 is 4.90 Å². The van der Waals surface area contributed by atoms with Gasteiger partial charge >= 0.3 is 0 Å². The van der Waals surface area contributed by atoms with Crippen LogP contribution in [0, 0.1) is 3.57 Å². The van der Waals surface area contributed by atoms with Gasteiger partial charge in [-0.2, -0.15) is 0 Å². The number of carbonyl (C=O) groups excluding carboxylic acids is 1. The Balaban J connectivity index is 1.51. The molecule has 2 aliphatic rings. The molecule has 29 heavy (non-hydrogen) atoms. The quantitative estimate of drug-likeness (QED) is 0.510. The van der Waals surface area contributed by atoms with Crippen molar-refractivity contribution in [3.05, 3.63) is 74.9 Å². The van der Waals surface area contributed by atoms with Gasteiger partial charge in [0.05, 0.1) is 25.2 Å². The summed E-state index contributed by atoms with van der Waals surface area (Å²) in [5.74, 6) is 0.248. The smallest absolute Gasteiger partial charge is 0.258 e. The molecule has 148 valence electrons. The van der Waals surface area contributed by atoms with E-state index in [0.29, 0.717) is 6.54 Å². The number of anilines is 1. The van der Waals surface area contributed by atoms with Crippen LogP contribution in [0.15, 0.2) is 48.8 Å². The lowest BCUT2D eigenvalue weighted by molar-refractivity contribution is -0.102. The molecule has 3 aromatic rings. The van der Waals surface area contributed by atoms with Crippen molar-refractivity contribution in [3.63, 3.8) is 0 Å². The molecule has 0 spiro atoms. The minimum absolute atomic E-state index is 0.0281. The Hall–Kier alpha value is -2.33. The first kappa shape index (κ1) is 18.7. The summed E-state index contributed by atoms with van der Waals surface area (Å²) < 4.78 is 23.7. The van der Waals surface area contributed by atoms with Gasteiger partial charge in [-0.15, -0.1) is 10.2 Å². The predicted molar refractivity (Wildman–Crippen MR) is 113 cm³/mol. The molecule has 0 radical (unpaired) electrons. The molecule has 0 saturated carbocycles. The maximum atomic E-state index is 15.6. The number of hydrogen-bond donors (Lipinski definition) is 0. The third kappa shape index (κ3) is 2.80. The molecule has 3 heterocycles. The zero-order valence-corrected chi connectivity index (χ0v) is 17.8. The van der Waals surface area contributed by atoms with Crippen LogP contribution in [0.1, 0.15) is 33.5 Å². The van der Waals surface area contributed by atoms with Gasteiger partial charge in [0.15, 0.2) is 12.0 Å². The Morgan fingerprint density at radius 3 is 2.69 bits per heavy atom. The average molecular weight is 504 g/mol. The van der Waals surface area contributed by atoms with Gasteiger partial charge < -0.3 is 14.2 Å². The maximum Gasteiger partial charge on any atom is 0.258 e. The number of amides is 1. The van der Waals surface area contributed by atoms with Crippen molar-refractivity contribution in [2.75, 3.05) is 18.1 Å². The van der Waals surface area contributed by atoms with Crippen LogP contribution >= 0.6 is 22.6 Å². The van der Waals surface area contributed by atoms with Gasteiger partial charge in [-0.1, -0.05) is 18.2 Å². The Kier molecular flexibility index (Phi) is 4.43.